The highest BCUT2D eigenvalue weighted by Crippen LogP contribution is 2.48. The molecule has 0 spiro atoms. The van der Waals surface area contributed by atoms with E-state index >= 15 is 0 Å². The Morgan fingerprint density at radius 3 is 2.30 bits per heavy atom. The summed E-state index contributed by atoms with van der Waals surface area (Å²) in [5.74, 6) is -0.885. The van der Waals surface area contributed by atoms with E-state index in [4.69, 9.17) is 14.2 Å². The molecule has 7 heteroatoms. The average molecular weight is 385 g/mol. The molecule has 140 valence electrons. The number of nitrogens with zero attached hydrogens (tertiary/aromatic N) is 1. The summed E-state index contributed by atoms with van der Waals surface area (Å²) in [5.41, 5.74) is 1.57. The standard InChI is InChI=1S/C20H19NO5S/c1-13(26-20(23)16-12-24-10-11-25-16)19(22)21-14-6-2-4-8-17(14)27-18-9-5-3-7-15(18)21/h2-9,13,16H,10-12H2,1H3/t13-,16+/m1/s1. The average Bonchev–Trinajstić information content (AvgIpc) is 2.72. The molecule has 1 fully saturated rings. The third kappa shape index (κ3) is 3.58. The lowest BCUT2D eigenvalue weighted by atomic mass is 10.2. The van der Waals surface area contributed by atoms with E-state index in [9.17, 15) is 9.59 Å². The Morgan fingerprint density at radius 2 is 1.70 bits per heavy atom. The van der Waals surface area contributed by atoms with Gasteiger partial charge in [-0.15, -0.1) is 0 Å². The van der Waals surface area contributed by atoms with Crippen LogP contribution >= 0.6 is 11.8 Å². The first-order valence-electron chi connectivity index (χ1n) is 8.75. The first-order valence-corrected chi connectivity index (χ1v) is 9.56. The lowest BCUT2D eigenvalue weighted by Crippen LogP contribution is -2.43. The van der Waals surface area contributed by atoms with E-state index in [1.807, 2.05) is 48.5 Å². The lowest BCUT2D eigenvalue weighted by molar-refractivity contribution is -0.176. The summed E-state index contributed by atoms with van der Waals surface area (Å²) in [5, 5.41) is 0. The number of esters is 1. The van der Waals surface area contributed by atoms with Crippen LogP contribution in [0, 0.1) is 0 Å². The molecule has 0 bridgehead atoms. The van der Waals surface area contributed by atoms with Gasteiger partial charge in [-0.05, 0) is 31.2 Å². The number of para-hydroxylation sites is 2. The number of benzene rings is 2. The summed E-state index contributed by atoms with van der Waals surface area (Å²) in [6.45, 7) is 2.52. The molecule has 0 N–H and O–H groups in total. The maximum absolute atomic E-state index is 13.2. The summed E-state index contributed by atoms with van der Waals surface area (Å²) in [4.78, 5) is 29.1. The van der Waals surface area contributed by atoms with E-state index in [0.29, 0.717) is 13.2 Å². The molecule has 4 rings (SSSR count). The zero-order chi connectivity index (χ0) is 18.8. The normalized spacial score (nSPS) is 19.6. The van der Waals surface area contributed by atoms with Gasteiger partial charge in [0.25, 0.3) is 5.91 Å². The fourth-order valence-corrected chi connectivity index (χ4v) is 4.11. The summed E-state index contributed by atoms with van der Waals surface area (Å²) in [6, 6.07) is 15.4. The summed E-state index contributed by atoms with van der Waals surface area (Å²) in [6.07, 6.45) is -1.74. The number of ether oxygens (including phenoxy) is 3. The largest absolute Gasteiger partial charge is 0.451 e. The number of amides is 1. The third-order valence-electron chi connectivity index (χ3n) is 4.37. The summed E-state index contributed by atoms with van der Waals surface area (Å²) >= 11 is 1.61. The smallest absolute Gasteiger partial charge is 0.338 e. The predicted molar refractivity (Wildman–Crippen MR) is 100 cm³/mol. The van der Waals surface area contributed by atoms with Crippen molar-refractivity contribution in [2.45, 2.75) is 28.9 Å². The van der Waals surface area contributed by atoms with Gasteiger partial charge >= 0.3 is 5.97 Å². The lowest BCUT2D eigenvalue weighted by Gasteiger charge is -2.32. The van der Waals surface area contributed by atoms with Crippen LogP contribution < -0.4 is 4.90 Å². The van der Waals surface area contributed by atoms with Gasteiger partial charge in [0.15, 0.2) is 12.2 Å². The van der Waals surface area contributed by atoms with Crippen molar-refractivity contribution in [2.24, 2.45) is 0 Å². The zero-order valence-electron chi connectivity index (χ0n) is 14.8. The molecule has 2 aliphatic rings. The van der Waals surface area contributed by atoms with Crippen LogP contribution in [-0.2, 0) is 23.8 Å². The van der Waals surface area contributed by atoms with Gasteiger partial charge in [-0.25, -0.2) is 4.79 Å². The molecule has 2 aromatic carbocycles. The van der Waals surface area contributed by atoms with Gasteiger partial charge in [0.05, 0.1) is 31.2 Å². The molecule has 0 radical (unpaired) electrons. The van der Waals surface area contributed by atoms with Crippen molar-refractivity contribution in [3.63, 3.8) is 0 Å². The van der Waals surface area contributed by atoms with Gasteiger partial charge in [-0.3, -0.25) is 9.69 Å². The zero-order valence-corrected chi connectivity index (χ0v) is 15.6. The molecule has 2 aliphatic heterocycles. The van der Waals surface area contributed by atoms with Gasteiger partial charge in [0, 0.05) is 9.79 Å². The number of rotatable bonds is 3. The van der Waals surface area contributed by atoms with Gasteiger partial charge in [-0.1, -0.05) is 36.0 Å². The predicted octanol–water partition coefficient (Wildman–Crippen LogP) is 3.16. The molecule has 0 aromatic heterocycles. The molecule has 1 saturated heterocycles. The molecule has 27 heavy (non-hydrogen) atoms. The minimum absolute atomic E-state index is 0.145. The molecular formula is C20H19NO5S. The Hall–Kier alpha value is -2.35. The highest BCUT2D eigenvalue weighted by molar-refractivity contribution is 7.99. The van der Waals surface area contributed by atoms with Crippen LogP contribution in [0.15, 0.2) is 58.3 Å². The fourth-order valence-electron chi connectivity index (χ4n) is 3.05. The first-order chi connectivity index (χ1) is 13.1. The highest BCUT2D eigenvalue weighted by Gasteiger charge is 2.34. The van der Waals surface area contributed by atoms with Crippen LogP contribution in [0.2, 0.25) is 0 Å². The van der Waals surface area contributed by atoms with Crippen molar-refractivity contribution in [3.05, 3.63) is 48.5 Å². The number of hydrogen-bond donors (Lipinski definition) is 0. The Morgan fingerprint density at radius 1 is 1.07 bits per heavy atom. The van der Waals surface area contributed by atoms with Crippen LogP contribution in [-0.4, -0.2) is 43.9 Å². The van der Waals surface area contributed by atoms with Crippen LogP contribution in [0.3, 0.4) is 0 Å². The fraction of sp³-hybridized carbons (Fsp3) is 0.300. The van der Waals surface area contributed by atoms with Crippen molar-refractivity contribution < 1.29 is 23.8 Å². The molecular weight excluding hydrogens is 366 g/mol. The van der Waals surface area contributed by atoms with E-state index in [1.54, 1.807) is 23.6 Å². The Kier molecular flexibility index (Phi) is 5.15. The van der Waals surface area contributed by atoms with Gasteiger partial charge in [0.2, 0.25) is 0 Å². The Bertz CT molecular complexity index is 819. The van der Waals surface area contributed by atoms with Gasteiger partial charge < -0.3 is 14.2 Å². The first kappa shape index (κ1) is 18.0. The van der Waals surface area contributed by atoms with Crippen molar-refractivity contribution >= 4 is 35.0 Å². The van der Waals surface area contributed by atoms with E-state index in [1.165, 1.54) is 0 Å². The highest BCUT2D eigenvalue weighted by atomic mass is 32.2. The van der Waals surface area contributed by atoms with Crippen LogP contribution in [0.5, 0.6) is 0 Å². The number of hydrogen-bond acceptors (Lipinski definition) is 6. The molecule has 2 heterocycles. The third-order valence-corrected chi connectivity index (χ3v) is 5.50. The Balaban J connectivity index is 1.58. The van der Waals surface area contributed by atoms with E-state index in [-0.39, 0.29) is 12.5 Å². The van der Waals surface area contributed by atoms with Gasteiger partial charge in [0.1, 0.15) is 0 Å². The second-order valence-corrected chi connectivity index (χ2v) is 7.31. The van der Waals surface area contributed by atoms with E-state index in [2.05, 4.69) is 0 Å². The van der Waals surface area contributed by atoms with Crippen molar-refractivity contribution in [2.75, 3.05) is 24.7 Å². The van der Waals surface area contributed by atoms with E-state index in [0.717, 1.165) is 21.2 Å². The van der Waals surface area contributed by atoms with Crippen LogP contribution in [0.4, 0.5) is 11.4 Å². The SMILES string of the molecule is C[C@@H](OC(=O)[C@@H]1COCCO1)C(=O)N1c2ccccc2Sc2ccccc21. The van der Waals surface area contributed by atoms with Crippen LogP contribution in [0.1, 0.15) is 6.92 Å². The molecule has 0 aliphatic carbocycles. The quantitative estimate of drug-likeness (QED) is 0.757. The summed E-state index contributed by atoms with van der Waals surface area (Å²) in [7, 11) is 0. The van der Waals surface area contributed by atoms with Crippen molar-refractivity contribution in [1.29, 1.82) is 0 Å². The molecule has 1 amide bonds. The van der Waals surface area contributed by atoms with Gasteiger partial charge in [-0.2, -0.15) is 0 Å². The molecule has 2 aromatic rings. The monoisotopic (exact) mass is 385 g/mol. The molecule has 0 unspecified atom stereocenters. The second kappa shape index (κ2) is 7.72. The summed E-state index contributed by atoms with van der Waals surface area (Å²) < 4.78 is 16.0. The maximum Gasteiger partial charge on any atom is 0.338 e. The van der Waals surface area contributed by atoms with Crippen molar-refractivity contribution in [3.8, 4) is 0 Å². The van der Waals surface area contributed by atoms with Crippen LogP contribution in [0.25, 0.3) is 0 Å². The number of carbonyl (C=O) groups excluding carboxylic acids is 2. The number of carbonyl (C=O) groups is 2. The maximum atomic E-state index is 13.2. The molecule has 6 nitrogen and oxygen atoms in total. The minimum atomic E-state index is -0.952. The molecule has 0 saturated carbocycles. The minimum Gasteiger partial charge on any atom is -0.451 e. The van der Waals surface area contributed by atoms with Crippen molar-refractivity contribution in [1.82, 2.24) is 0 Å². The topological polar surface area (TPSA) is 65.1 Å². The number of anilines is 2. The van der Waals surface area contributed by atoms with E-state index < -0.39 is 18.2 Å². The molecule has 2 atom stereocenters. The Labute approximate surface area is 161 Å². The number of fused-ring (bicyclic) bond motifs is 2. The second-order valence-electron chi connectivity index (χ2n) is 6.22.